The van der Waals surface area contributed by atoms with E-state index >= 15 is 0 Å². The summed E-state index contributed by atoms with van der Waals surface area (Å²) in [6, 6.07) is 0. The molecule has 3 rings (SSSR count). The lowest BCUT2D eigenvalue weighted by atomic mass is 9.96. The van der Waals surface area contributed by atoms with Gasteiger partial charge in [-0.3, -0.25) is 9.36 Å². The first kappa shape index (κ1) is 17.0. The first-order valence-electron chi connectivity index (χ1n) is 8.90. The number of aryl methyl sites for hydroxylation is 1. The first-order valence-corrected chi connectivity index (χ1v) is 8.90. The summed E-state index contributed by atoms with van der Waals surface area (Å²) in [6.07, 6.45) is 5.56. The van der Waals surface area contributed by atoms with E-state index in [1.54, 1.807) is 11.6 Å². The van der Waals surface area contributed by atoms with Crippen molar-refractivity contribution < 1.29 is 4.79 Å². The number of amides is 1. The Hall–Kier alpha value is -1.89. The molecule has 1 aromatic heterocycles. The Kier molecular flexibility index (Phi) is 5.18. The lowest BCUT2D eigenvalue weighted by molar-refractivity contribution is -0.131. The van der Waals surface area contributed by atoms with E-state index in [1.807, 2.05) is 11.8 Å². The highest BCUT2D eigenvalue weighted by atomic mass is 16.2. The lowest BCUT2D eigenvalue weighted by Gasteiger charge is -2.32. The molecular weight excluding hydrogens is 306 g/mol. The number of hydrogen-bond donors (Lipinski definition) is 1. The van der Waals surface area contributed by atoms with Gasteiger partial charge >= 0.3 is 5.69 Å². The number of rotatable bonds is 4. The lowest BCUT2D eigenvalue weighted by Crippen LogP contribution is -2.40. The Bertz CT molecular complexity index is 688. The van der Waals surface area contributed by atoms with Crippen molar-refractivity contribution in [3.8, 4) is 0 Å². The van der Waals surface area contributed by atoms with Crippen LogP contribution < -0.4 is 11.0 Å². The number of carbonyl (C=O) groups excluding carboxylic acids is 1. The SMILES string of the molecule is CCn1c([C@H]2CCCN(C(=O)CC3=CCNCC3)C2)nn(C)c1=O. The second-order valence-electron chi connectivity index (χ2n) is 6.68. The van der Waals surface area contributed by atoms with E-state index in [-0.39, 0.29) is 17.5 Å². The van der Waals surface area contributed by atoms with E-state index in [1.165, 1.54) is 10.3 Å². The van der Waals surface area contributed by atoms with Gasteiger partial charge in [0.25, 0.3) is 0 Å². The Morgan fingerprint density at radius 3 is 3.00 bits per heavy atom. The zero-order valence-electron chi connectivity index (χ0n) is 14.6. The van der Waals surface area contributed by atoms with Crippen molar-refractivity contribution in [2.75, 3.05) is 26.2 Å². The molecular formula is C17H27N5O2. The molecule has 3 heterocycles. The molecule has 1 atom stereocenters. The van der Waals surface area contributed by atoms with Crippen LogP contribution in [0.25, 0.3) is 0 Å². The van der Waals surface area contributed by atoms with Crippen LogP contribution in [0.5, 0.6) is 0 Å². The summed E-state index contributed by atoms with van der Waals surface area (Å²) in [4.78, 5) is 26.7. The van der Waals surface area contributed by atoms with Crippen LogP contribution in [0.3, 0.4) is 0 Å². The van der Waals surface area contributed by atoms with E-state index in [2.05, 4.69) is 16.5 Å². The molecule has 24 heavy (non-hydrogen) atoms. The van der Waals surface area contributed by atoms with Crippen molar-refractivity contribution in [2.45, 2.75) is 45.1 Å². The van der Waals surface area contributed by atoms with Crippen LogP contribution in [-0.2, 0) is 18.4 Å². The predicted molar refractivity (Wildman–Crippen MR) is 91.9 cm³/mol. The molecule has 2 aliphatic heterocycles. The smallest absolute Gasteiger partial charge is 0.342 e. The Labute approximate surface area is 142 Å². The predicted octanol–water partition coefficient (Wildman–Crippen LogP) is 0.618. The fourth-order valence-corrected chi connectivity index (χ4v) is 3.67. The summed E-state index contributed by atoms with van der Waals surface area (Å²) in [5.74, 6) is 1.18. The molecule has 0 spiro atoms. The average Bonchev–Trinajstić information content (AvgIpc) is 2.90. The largest absolute Gasteiger partial charge is 0.345 e. The van der Waals surface area contributed by atoms with Crippen LogP contribution in [0.15, 0.2) is 16.4 Å². The van der Waals surface area contributed by atoms with Crippen LogP contribution in [0.1, 0.15) is 44.3 Å². The molecule has 7 nitrogen and oxygen atoms in total. The number of nitrogens with one attached hydrogen (secondary N) is 1. The van der Waals surface area contributed by atoms with Crippen molar-refractivity contribution in [3.63, 3.8) is 0 Å². The van der Waals surface area contributed by atoms with Gasteiger partial charge in [0.2, 0.25) is 5.91 Å². The Morgan fingerprint density at radius 2 is 2.29 bits per heavy atom. The third-order valence-electron chi connectivity index (χ3n) is 5.03. The van der Waals surface area contributed by atoms with E-state index in [0.717, 1.165) is 44.7 Å². The van der Waals surface area contributed by atoms with Gasteiger partial charge in [0.15, 0.2) is 0 Å². The molecule has 0 aromatic carbocycles. The van der Waals surface area contributed by atoms with Gasteiger partial charge in [-0.15, -0.1) is 0 Å². The van der Waals surface area contributed by atoms with E-state index in [4.69, 9.17) is 0 Å². The Morgan fingerprint density at radius 1 is 1.46 bits per heavy atom. The van der Waals surface area contributed by atoms with E-state index in [9.17, 15) is 9.59 Å². The maximum Gasteiger partial charge on any atom is 0.345 e. The normalized spacial score (nSPS) is 21.7. The van der Waals surface area contributed by atoms with Crippen molar-refractivity contribution in [2.24, 2.45) is 7.05 Å². The van der Waals surface area contributed by atoms with E-state index < -0.39 is 0 Å². The molecule has 7 heteroatoms. The van der Waals surface area contributed by atoms with Gasteiger partial charge in [-0.1, -0.05) is 11.6 Å². The molecule has 1 N–H and O–H groups in total. The van der Waals surface area contributed by atoms with Gasteiger partial charge in [0.05, 0.1) is 0 Å². The molecule has 0 saturated carbocycles. The summed E-state index contributed by atoms with van der Waals surface area (Å²) in [7, 11) is 1.69. The molecule has 0 unspecified atom stereocenters. The quantitative estimate of drug-likeness (QED) is 0.820. The summed E-state index contributed by atoms with van der Waals surface area (Å²) in [5, 5.41) is 7.70. The highest BCUT2D eigenvalue weighted by Crippen LogP contribution is 2.26. The minimum Gasteiger partial charge on any atom is -0.342 e. The third kappa shape index (κ3) is 3.45. The van der Waals surface area contributed by atoms with Crippen molar-refractivity contribution in [1.82, 2.24) is 24.6 Å². The fourth-order valence-electron chi connectivity index (χ4n) is 3.67. The molecule has 132 valence electrons. The topological polar surface area (TPSA) is 72.2 Å². The van der Waals surface area contributed by atoms with Crippen LogP contribution in [0.2, 0.25) is 0 Å². The summed E-state index contributed by atoms with van der Waals surface area (Å²) in [6.45, 7) is 5.87. The molecule has 1 saturated heterocycles. The minimum absolute atomic E-state index is 0.0733. The maximum atomic E-state index is 12.6. The Balaban J connectivity index is 1.70. The number of likely N-dealkylation sites (tertiary alicyclic amines) is 1. The molecule has 0 aliphatic carbocycles. The number of carbonyl (C=O) groups is 1. The summed E-state index contributed by atoms with van der Waals surface area (Å²) in [5.41, 5.74) is 1.17. The van der Waals surface area contributed by atoms with Gasteiger partial charge < -0.3 is 10.2 Å². The molecule has 2 aliphatic rings. The fraction of sp³-hybridized carbons (Fsp3) is 0.706. The van der Waals surface area contributed by atoms with Crippen molar-refractivity contribution in [3.05, 3.63) is 28.0 Å². The molecule has 0 bridgehead atoms. The molecule has 0 radical (unpaired) electrons. The molecule has 1 amide bonds. The highest BCUT2D eigenvalue weighted by molar-refractivity contribution is 5.79. The van der Waals surface area contributed by atoms with Crippen LogP contribution in [0, 0.1) is 0 Å². The monoisotopic (exact) mass is 333 g/mol. The van der Waals surface area contributed by atoms with Gasteiger partial charge in [-0.05, 0) is 32.7 Å². The maximum absolute atomic E-state index is 12.6. The second-order valence-corrected chi connectivity index (χ2v) is 6.68. The second kappa shape index (κ2) is 7.34. The zero-order valence-corrected chi connectivity index (χ0v) is 14.6. The minimum atomic E-state index is -0.0733. The number of nitrogens with zero attached hydrogens (tertiary/aromatic N) is 4. The average molecular weight is 333 g/mol. The van der Waals surface area contributed by atoms with E-state index in [0.29, 0.717) is 19.5 Å². The first-order chi connectivity index (χ1) is 11.6. The number of piperidine rings is 1. The van der Waals surface area contributed by atoms with Gasteiger partial charge in [0.1, 0.15) is 5.82 Å². The third-order valence-corrected chi connectivity index (χ3v) is 5.03. The number of aromatic nitrogens is 3. The summed E-state index contributed by atoms with van der Waals surface area (Å²) >= 11 is 0. The van der Waals surface area contributed by atoms with Crippen molar-refractivity contribution in [1.29, 1.82) is 0 Å². The van der Waals surface area contributed by atoms with Gasteiger partial charge in [0, 0.05) is 45.6 Å². The van der Waals surface area contributed by atoms with Crippen LogP contribution in [-0.4, -0.2) is 51.3 Å². The van der Waals surface area contributed by atoms with Crippen LogP contribution >= 0.6 is 0 Å². The highest BCUT2D eigenvalue weighted by Gasteiger charge is 2.29. The zero-order chi connectivity index (χ0) is 17.1. The number of hydrogen-bond acceptors (Lipinski definition) is 4. The standard InChI is InChI=1S/C17H27N5O2/c1-3-22-16(19-20(2)17(22)24)14-5-4-10-21(12-14)15(23)11-13-6-8-18-9-7-13/h6,14,18H,3-5,7-12H2,1-2H3/t14-/m0/s1. The summed E-state index contributed by atoms with van der Waals surface area (Å²) < 4.78 is 3.13. The van der Waals surface area contributed by atoms with Gasteiger partial charge in [-0.2, -0.15) is 5.10 Å². The molecule has 1 aromatic rings. The molecule has 1 fully saturated rings. The van der Waals surface area contributed by atoms with Crippen LogP contribution in [0.4, 0.5) is 0 Å². The van der Waals surface area contributed by atoms with Gasteiger partial charge in [-0.25, -0.2) is 9.48 Å². The van der Waals surface area contributed by atoms with Crippen molar-refractivity contribution >= 4 is 5.91 Å².